The molecule has 0 saturated heterocycles. The van der Waals surface area contributed by atoms with Crippen LogP contribution in [0.25, 0.3) is 0 Å². The third-order valence-corrected chi connectivity index (χ3v) is 14.6. The van der Waals surface area contributed by atoms with Crippen molar-refractivity contribution >= 4 is 19.7 Å². The molecule has 0 saturated carbocycles. The van der Waals surface area contributed by atoms with Crippen LogP contribution < -0.4 is 10.2 Å². The van der Waals surface area contributed by atoms with Gasteiger partial charge in [0.2, 0.25) is 5.91 Å². The highest BCUT2D eigenvalue weighted by atomic mass is 31.2. The summed E-state index contributed by atoms with van der Waals surface area (Å²) in [6.07, 6.45) is 61.1. The predicted molar refractivity (Wildman–Crippen MR) is 303 cm³/mol. The van der Waals surface area contributed by atoms with Crippen molar-refractivity contribution in [1.29, 1.82) is 0 Å². The minimum absolute atomic E-state index is 0.0252. The van der Waals surface area contributed by atoms with Gasteiger partial charge in [-0.1, -0.05) is 257 Å². The van der Waals surface area contributed by atoms with Crippen LogP contribution in [0, 0.1) is 0 Å². The number of carbonyl (C=O) groups excluding carboxylic acids is 2. The molecule has 0 aliphatic heterocycles. The molecule has 0 spiro atoms. The van der Waals surface area contributed by atoms with Gasteiger partial charge in [-0.2, -0.15) is 0 Å². The first kappa shape index (κ1) is 69.2. The largest absolute Gasteiger partial charge is 0.756 e. The van der Waals surface area contributed by atoms with E-state index in [2.05, 4.69) is 50.4 Å². The average Bonchev–Trinajstić information content (AvgIpc) is 3.33. The highest BCUT2D eigenvalue weighted by Gasteiger charge is 2.27. The number of quaternary nitrogens is 1. The Bertz CT molecular complexity index is 1310. The van der Waals surface area contributed by atoms with E-state index in [1.165, 1.54) is 186 Å². The van der Waals surface area contributed by atoms with Gasteiger partial charge < -0.3 is 28.5 Å². The van der Waals surface area contributed by atoms with Crippen LogP contribution in [-0.4, -0.2) is 69.4 Å². The van der Waals surface area contributed by atoms with Gasteiger partial charge in [0.1, 0.15) is 19.3 Å². The van der Waals surface area contributed by atoms with Gasteiger partial charge in [-0.15, -0.1) is 0 Å². The summed E-state index contributed by atoms with van der Waals surface area (Å²) in [7, 11) is 1.18. The maximum Gasteiger partial charge on any atom is 0.306 e. The van der Waals surface area contributed by atoms with E-state index < -0.39 is 26.6 Å². The number of rotatable bonds is 55. The molecule has 10 heteroatoms. The first-order valence-corrected chi connectivity index (χ1v) is 31.8. The van der Waals surface area contributed by atoms with Crippen molar-refractivity contribution in [2.75, 3.05) is 40.9 Å². The van der Waals surface area contributed by atoms with Crippen molar-refractivity contribution in [2.45, 2.75) is 303 Å². The van der Waals surface area contributed by atoms with E-state index in [1.54, 1.807) is 0 Å². The van der Waals surface area contributed by atoms with Gasteiger partial charge in [-0.05, 0) is 57.4 Å². The van der Waals surface area contributed by atoms with Crippen molar-refractivity contribution < 1.29 is 37.3 Å². The summed E-state index contributed by atoms with van der Waals surface area (Å²) in [6, 6.07) is -0.897. The smallest absolute Gasteiger partial charge is 0.306 e. The van der Waals surface area contributed by atoms with Crippen LogP contribution in [0.1, 0.15) is 290 Å². The van der Waals surface area contributed by atoms with Crippen molar-refractivity contribution in [3.05, 3.63) is 36.5 Å². The Morgan fingerprint density at radius 2 is 0.845 bits per heavy atom. The normalized spacial score (nSPS) is 14.0. The van der Waals surface area contributed by atoms with Crippen LogP contribution in [-0.2, 0) is 27.9 Å². The molecule has 3 unspecified atom stereocenters. The molecule has 0 fully saturated rings. The molecule has 1 N–H and O–H groups in total. The maximum atomic E-state index is 13.5. The van der Waals surface area contributed by atoms with Crippen molar-refractivity contribution in [3.8, 4) is 0 Å². The number of carbonyl (C=O) groups is 2. The molecule has 1 amide bonds. The maximum absolute atomic E-state index is 13.5. The molecule has 0 aliphatic rings. The van der Waals surface area contributed by atoms with Crippen LogP contribution in [0.2, 0.25) is 0 Å². The molecule has 0 aromatic heterocycles. The fraction of sp³-hybridized carbons (Fsp3) is 0.869. The molecule has 0 heterocycles. The number of likely N-dealkylation sites (N-methyl/N-ethyl adjacent to an activating group) is 1. The van der Waals surface area contributed by atoms with Gasteiger partial charge >= 0.3 is 5.97 Å². The highest BCUT2D eigenvalue weighted by molar-refractivity contribution is 7.45. The predicted octanol–water partition coefficient (Wildman–Crippen LogP) is 17.7. The third-order valence-electron chi connectivity index (χ3n) is 13.6. The van der Waals surface area contributed by atoms with E-state index in [0.717, 1.165) is 64.2 Å². The Morgan fingerprint density at radius 1 is 0.493 bits per heavy atom. The lowest BCUT2D eigenvalue weighted by Gasteiger charge is -2.30. The van der Waals surface area contributed by atoms with Crippen LogP contribution in [0.5, 0.6) is 0 Å². The van der Waals surface area contributed by atoms with Gasteiger partial charge in [-0.25, -0.2) is 0 Å². The fourth-order valence-corrected chi connectivity index (χ4v) is 9.59. The molecule has 0 aromatic carbocycles. The summed E-state index contributed by atoms with van der Waals surface area (Å²) >= 11 is 0. The third kappa shape index (κ3) is 52.9. The molecule has 0 rings (SSSR count). The lowest BCUT2D eigenvalue weighted by Crippen LogP contribution is -2.47. The zero-order chi connectivity index (χ0) is 52.2. The standard InChI is InChI=1S/C61H117N2O7P/c1-7-10-13-16-19-22-25-28-30-32-34-36-39-42-45-48-51-54-61(65)70-59(52-49-46-43-40-37-27-24-21-18-15-12-9-3)58(57-69-71(66,67)68-56-55-63(4,5)6)62-60(64)53-50-47-44-41-38-35-33-31-29-26-23-20-17-14-11-8-2/h31,33,35,38,49,52,58-59H,7-30,32,34,36-37,39-48,50-51,53-57H2,1-6H3,(H-,62,64,66,67)/b33-31+,38-35+,52-49+. The minimum atomic E-state index is -4.70. The number of allylic oxidation sites excluding steroid dienone is 5. The lowest BCUT2D eigenvalue weighted by molar-refractivity contribution is -0.870. The fourth-order valence-electron chi connectivity index (χ4n) is 8.87. The zero-order valence-corrected chi connectivity index (χ0v) is 48.6. The van der Waals surface area contributed by atoms with Crippen LogP contribution in [0.3, 0.4) is 0 Å². The molecule has 0 aromatic rings. The van der Waals surface area contributed by atoms with Crippen LogP contribution >= 0.6 is 7.82 Å². The first-order chi connectivity index (χ1) is 34.4. The van der Waals surface area contributed by atoms with Crippen LogP contribution in [0.15, 0.2) is 36.5 Å². The summed E-state index contributed by atoms with van der Waals surface area (Å²) in [5.41, 5.74) is 0. The molecular weight excluding hydrogens is 904 g/mol. The topological polar surface area (TPSA) is 114 Å². The number of hydrogen-bond acceptors (Lipinski definition) is 7. The molecule has 0 bridgehead atoms. The summed E-state index contributed by atoms with van der Waals surface area (Å²) in [4.78, 5) is 39.9. The Hall–Kier alpha value is -1.77. The number of phosphoric acid groups is 1. The van der Waals surface area contributed by atoms with Crippen molar-refractivity contribution in [1.82, 2.24) is 5.32 Å². The number of nitrogens with zero attached hydrogens (tertiary/aromatic N) is 1. The summed E-state index contributed by atoms with van der Waals surface area (Å²) < 4.78 is 30.3. The van der Waals surface area contributed by atoms with Crippen molar-refractivity contribution in [2.24, 2.45) is 0 Å². The number of unbranched alkanes of at least 4 members (excludes halogenated alkanes) is 36. The van der Waals surface area contributed by atoms with Gasteiger partial charge in [0.05, 0.1) is 33.8 Å². The van der Waals surface area contributed by atoms with Crippen LogP contribution in [0.4, 0.5) is 0 Å². The van der Waals surface area contributed by atoms with E-state index in [1.807, 2.05) is 33.3 Å². The SMILES string of the molecule is CCCCCCCCC/C=C/C=C/CCCCCC(=O)NC(COP(=O)([O-])OCC[N+](C)(C)C)C(/C=C/CCCCCCCCCCCC)OC(=O)CCCCCCCCCCCCCCCCCCC. The quantitative estimate of drug-likeness (QED) is 0.0161. The first-order valence-electron chi connectivity index (χ1n) is 30.3. The summed E-state index contributed by atoms with van der Waals surface area (Å²) in [5, 5.41) is 3.01. The number of esters is 1. The Balaban J connectivity index is 5.32. The minimum Gasteiger partial charge on any atom is -0.756 e. The second-order valence-electron chi connectivity index (χ2n) is 21.9. The van der Waals surface area contributed by atoms with E-state index in [9.17, 15) is 19.0 Å². The number of nitrogens with one attached hydrogen (secondary N) is 1. The zero-order valence-electron chi connectivity index (χ0n) is 47.7. The van der Waals surface area contributed by atoms with Crippen molar-refractivity contribution in [3.63, 3.8) is 0 Å². The molecule has 3 atom stereocenters. The average molecular weight is 1020 g/mol. The molecule has 9 nitrogen and oxygen atoms in total. The Labute approximate surface area is 440 Å². The van der Waals surface area contributed by atoms with Gasteiger partial charge in [0.15, 0.2) is 0 Å². The number of amides is 1. The van der Waals surface area contributed by atoms with E-state index in [-0.39, 0.29) is 31.3 Å². The summed E-state index contributed by atoms with van der Waals surface area (Å²) in [6.45, 7) is 6.84. The van der Waals surface area contributed by atoms with E-state index >= 15 is 0 Å². The second kappa shape index (κ2) is 51.7. The monoisotopic (exact) mass is 1020 g/mol. The molecule has 71 heavy (non-hydrogen) atoms. The highest BCUT2D eigenvalue weighted by Crippen LogP contribution is 2.38. The van der Waals surface area contributed by atoms with E-state index in [4.69, 9.17) is 13.8 Å². The van der Waals surface area contributed by atoms with Gasteiger partial charge in [0, 0.05) is 12.8 Å². The summed E-state index contributed by atoms with van der Waals surface area (Å²) in [5.74, 6) is -0.560. The lowest BCUT2D eigenvalue weighted by atomic mass is 10.0. The van der Waals surface area contributed by atoms with Gasteiger partial charge in [-0.3, -0.25) is 14.2 Å². The molecule has 0 radical (unpaired) electrons. The number of hydrogen-bond donors (Lipinski definition) is 1. The number of ether oxygens (including phenoxy) is 1. The Morgan fingerprint density at radius 3 is 1.25 bits per heavy atom. The number of phosphoric ester groups is 1. The van der Waals surface area contributed by atoms with E-state index in [0.29, 0.717) is 17.4 Å². The molecular formula is C61H117N2O7P. The Kier molecular flexibility index (Phi) is 50.4. The second-order valence-corrected chi connectivity index (χ2v) is 23.3. The van der Waals surface area contributed by atoms with Gasteiger partial charge in [0.25, 0.3) is 7.82 Å². The molecule has 0 aliphatic carbocycles. The molecule has 418 valence electrons.